The molecule has 7 heteroatoms. The molecule has 0 aromatic heterocycles. The van der Waals surface area contributed by atoms with Crippen LogP contribution in [0.15, 0.2) is 0 Å². The van der Waals surface area contributed by atoms with Crippen LogP contribution in [-0.4, -0.2) is 55.8 Å². The molecule has 0 spiro atoms. The van der Waals surface area contributed by atoms with Crippen LogP contribution in [0.1, 0.15) is 20.8 Å². The van der Waals surface area contributed by atoms with Crippen LogP contribution in [0.3, 0.4) is 0 Å². The van der Waals surface area contributed by atoms with Crippen LogP contribution in [0, 0.1) is 0 Å². The van der Waals surface area contributed by atoms with Crippen molar-refractivity contribution in [2.45, 2.75) is 39.0 Å². The van der Waals surface area contributed by atoms with Crippen molar-refractivity contribution in [2.75, 3.05) is 19.8 Å². The summed E-state index contributed by atoms with van der Waals surface area (Å²) in [7, 11) is -3.48. The van der Waals surface area contributed by atoms with Gasteiger partial charge in [0, 0.05) is 18.6 Å². The van der Waals surface area contributed by atoms with Crippen molar-refractivity contribution < 1.29 is 18.3 Å². The van der Waals surface area contributed by atoms with Gasteiger partial charge in [-0.05, 0) is 20.8 Å². The molecule has 6 nitrogen and oxygen atoms in total. The molecule has 0 bridgehead atoms. The molecule has 1 aliphatic rings. The van der Waals surface area contributed by atoms with Crippen molar-refractivity contribution in [2.24, 2.45) is 0 Å². The zero-order valence-corrected chi connectivity index (χ0v) is 10.7. The summed E-state index contributed by atoms with van der Waals surface area (Å²) in [5.41, 5.74) is 0. The molecule has 0 aliphatic carbocycles. The first-order valence-electron chi connectivity index (χ1n) is 5.38. The summed E-state index contributed by atoms with van der Waals surface area (Å²) in [6.07, 6.45) is -0.431. The fourth-order valence-corrected chi connectivity index (χ4v) is 3.23. The molecule has 1 fully saturated rings. The molecule has 0 saturated carbocycles. The summed E-state index contributed by atoms with van der Waals surface area (Å²) < 4.78 is 33.0. The molecule has 96 valence electrons. The lowest BCUT2D eigenvalue weighted by Gasteiger charge is -2.36. The third-order valence-corrected chi connectivity index (χ3v) is 4.24. The molecule has 2 unspecified atom stereocenters. The van der Waals surface area contributed by atoms with Crippen molar-refractivity contribution in [1.82, 2.24) is 9.03 Å². The van der Waals surface area contributed by atoms with E-state index in [0.717, 1.165) is 0 Å². The lowest BCUT2D eigenvalue weighted by molar-refractivity contribution is -0.0520. The van der Waals surface area contributed by atoms with E-state index in [-0.39, 0.29) is 25.2 Å². The summed E-state index contributed by atoms with van der Waals surface area (Å²) in [6, 6.07) is -0.355. The average Bonchev–Trinajstić information content (AvgIpc) is 2.16. The SMILES string of the molecule is CC(C)NS(=O)(=O)N1CC(CO)OCC1C. The first kappa shape index (κ1) is 13.9. The van der Waals surface area contributed by atoms with E-state index in [1.54, 1.807) is 20.8 Å². The molecule has 1 saturated heterocycles. The number of hydrogen-bond donors (Lipinski definition) is 2. The van der Waals surface area contributed by atoms with Crippen LogP contribution in [-0.2, 0) is 14.9 Å². The van der Waals surface area contributed by atoms with E-state index in [0.29, 0.717) is 6.61 Å². The molecular formula is C9H20N2O4S. The molecule has 16 heavy (non-hydrogen) atoms. The maximum atomic E-state index is 11.9. The van der Waals surface area contributed by atoms with E-state index in [9.17, 15) is 8.42 Å². The monoisotopic (exact) mass is 252 g/mol. The van der Waals surface area contributed by atoms with Crippen molar-refractivity contribution in [1.29, 1.82) is 0 Å². The van der Waals surface area contributed by atoms with Gasteiger partial charge in [0.25, 0.3) is 10.2 Å². The van der Waals surface area contributed by atoms with Crippen LogP contribution >= 0.6 is 0 Å². The number of hydrogen-bond acceptors (Lipinski definition) is 4. The fourth-order valence-electron chi connectivity index (χ4n) is 1.60. The standard InChI is InChI=1S/C9H20N2O4S/c1-7(2)10-16(13,14)11-4-9(5-12)15-6-8(11)3/h7-10,12H,4-6H2,1-3H3. The molecule has 2 N–H and O–H groups in total. The minimum Gasteiger partial charge on any atom is -0.394 e. The predicted molar refractivity (Wildman–Crippen MR) is 60.2 cm³/mol. The minimum atomic E-state index is -3.48. The van der Waals surface area contributed by atoms with Gasteiger partial charge in [-0.2, -0.15) is 17.4 Å². The number of aliphatic hydroxyl groups excluding tert-OH is 1. The zero-order valence-electron chi connectivity index (χ0n) is 9.88. The predicted octanol–water partition coefficient (Wildman–Crippen LogP) is -0.689. The number of nitrogens with one attached hydrogen (secondary N) is 1. The zero-order chi connectivity index (χ0) is 12.3. The van der Waals surface area contributed by atoms with Gasteiger partial charge in [0.05, 0.1) is 19.3 Å². The van der Waals surface area contributed by atoms with E-state index in [2.05, 4.69) is 4.72 Å². The number of nitrogens with zero attached hydrogens (tertiary/aromatic N) is 1. The lowest BCUT2D eigenvalue weighted by Crippen LogP contribution is -2.56. The summed E-state index contributed by atoms with van der Waals surface area (Å²) in [6.45, 7) is 5.66. The number of aliphatic hydroxyl groups is 1. The van der Waals surface area contributed by atoms with Crippen molar-refractivity contribution >= 4 is 10.2 Å². The van der Waals surface area contributed by atoms with Crippen LogP contribution in [0.4, 0.5) is 0 Å². The van der Waals surface area contributed by atoms with Gasteiger partial charge in [-0.25, -0.2) is 0 Å². The van der Waals surface area contributed by atoms with Crippen molar-refractivity contribution in [3.63, 3.8) is 0 Å². The molecule has 1 aliphatic heterocycles. The van der Waals surface area contributed by atoms with Gasteiger partial charge in [-0.15, -0.1) is 0 Å². The van der Waals surface area contributed by atoms with Crippen LogP contribution in [0.25, 0.3) is 0 Å². The Morgan fingerprint density at radius 2 is 2.19 bits per heavy atom. The van der Waals surface area contributed by atoms with Gasteiger partial charge >= 0.3 is 0 Å². The quantitative estimate of drug-likeness (QED) is 0.694. The van der Waals surface area contributed by atoms with Gasteiger partial charge in [0.2, 0.25) is 0 Å². The van der Waals surface area contributed by atoms with E-state index in [4.69, 9.17) is 9.84 Å². The largest absolute Gasteiger partial charge is 0.394 e. The topological polar surface area (TPSA) is 78.9 Å². The van der Waals surface area contributed by atoms with E-state index >= 15 is 0 Å². The number of morpholine rings is 1. The average molecular weight is 252 g/mol. The molecule has 1 rings (SSSR count). The van der Waals surface area contributed by atoms with Crippen LogP contribution in [0.5, 0.6) is 0 Å². The highest BCUT2D eigenvalue weighted by atomic mass is 32.2. The third kappa shape index (κ3) is 3.39. The molecule has 0 radical (unpaired) electrons. The minimum absolute atomic E-state index is 0.146. The van der Waals surface area contributed by atoms with Gasteiger partial charge in [0.15, 0.2) is 0 Å². The Labute approximate surface area is 96.8 Å². The normalized spacial score (nSPS) is 28.6. The van der Waals surface area contributed by atoms with Crippen LogP contribution < -0.4 is 4.72 Å². The molecule has 2 atom stereocenters. The molecule has 0 amide bonds. The highest BCUT2D eigenvalue weighted by Gasteiger charge is 2.34. The maximum Gasteiger partial charge on any atom is 0.280 e. The summed E-state index contributed by atoms with van der Waals surface area (Å²) in [4.78, 5) is 0. The second-order valence-corrected chi connectivity index (χ2v) is 5.99. The van der Waals surface area contributed by atoms with Gasteiger partial charge in [-0.1, -0.05) is 0 Å². The molecule has 1 heterocycles. The first-order chi connectivity index (χ1) is 7.36. The number of rotatable bonds is 4. The van der Waals surface area contributed by atoms with Crippen molar-refractivity contribution in [3.8, 4) is 0 Å². The molecular weight excluding hydrogens is 232 g/mol. The Hall–Kier alpha value is -0.210. The summed E-state index contributed by atoms with van der Waals surface area (Å²) in [5, 5.41) is 8.98. The van der Waals surface area contributed by atoms with E-state index in [1.807, 2.05) is 0 Å². The molecule has 0 aromatic rings. The highest BCUT2D eigenvalue weighted by molar-refractivity contribution is 7.87. The lowest BCUT2D eigenvalue weighted by atomic mass is 10.2. The number of ether oxygens (including phenoxy) is 1. The maximum absolute atomic E-state index is 11.9. The second-order valence-electron chi connectivity index (χ2n) is 4.33. The Morgan fingerprint density at radius 1 is 1.56 bits per heavy atom. The Kier molecular flexibility index (Phi) is 4.69. The third-order valence-electron chi connectivity index (χ3n) is 2.35. The van der Waals surface area contributed by atoms with E-state index < -0.39 is 16.3 Å². The van der Waals surface area contributed by atoms with Gasteiger partial charge < -0.3 is 9.84 Å². The van der Waals surface area contributed by atoms with Crippen molar-refractivity contribution in [3.05, 3.63) is 0 Å². The summed E-state index contributed by atoms with van der Waals surface area (Å²) in [5.74, 6) is 0. The van der Waals surface area contributed by atoms with Gasteiger partial charge in [0.1, 0.15) is 0 Å². The summed E-state index contributed by atoms with van der Waals surface area (Å²) >= 11 is 0. The van der Waals surface area contributed by atoms with Crippen LogP contribution in [0.2, 0.25) is 0 Å². The Morgan fingerprint density at radius 3 is 2.69 bits per heavy atom. The Balaban J connectivity index is 2.76. The highest BCUT2D eigenvalue weighted by Crippen LogP contribution is 2.15. The second kappa shape index (κ2) is 5.42. The first-order valence-corrected chi connectivity index (χ1v) is 6.82. The van der Waals surface area contributed by atoms with Gasteiger partial charge in [-0.3, -0.25) is 0 Å². The molecule has 0 aromatic carbocycles. The van der Waals surface area contributed by atoms with E-state index in [1.165, 1.54) is 4.31 Å². The fraction of sp³-hybridized carbons (Fsp3) is 1.00. The Bertz CT molecular complexity index is 317. The smallest absolute Gasteiger partial charge is 0.280 e.